The Morgan fingerprint density at radius 1 is 1.33 bits per heavy atom. The monoisotopic (exact) mass is 255 g/mol. The number of carbonyl (C=O) groups is 1. The first-order chi connectivity index (χ1) is 8.63. The Morgan fingerprint density at radius 2 is 2.00 bits per heavy atom. The van der Waals surface area contributed by atoms with Crippen LogP contribution in [-0.4, -0.2) is 67.2 Å². The van der Waals surface area contributed by atoms with E-state index in [0.717, 1.165) is 32.6 Å². The summed E-state index contributed by atoms with van der Waals surface area (Å²) in [5.41, 5.74) is 5.90. The summed E-state index contributed by atoms with van der Waals surface area (Å²) in [6.45, 7) is 9.07. The van der Waals surface area contributed by atoms with E-state index in [1.165, 1.54) is 0 Å². The van der Waals surface area contributed by atoms with Crippen molar-refractivity contribution in [2.45, 2.75) is 32.4 Å². The summed E-state index contributed by atoms with van der Waals surface area (Å²) in [5.74, 6) is 0.0592. The minimum Gasteiger partial charge on any atom is -0.379 e. The molecule has 2 saturated heterocycles. The van der Waals surface area contributed by atoms with Crippen LogP contribution >= 0.6 is 0 Å². The first-order valence-corrected chi connectivity index (χ1v) is 6.99. The molecule has 2 aliphatic heterocycles. The Hall–Kier alpha value is -0.650. The SMILES string of the molecule is CCC(C)N1CCN(C(=O)C2COCC2N)CC1. The number of amides is 1. The van der Waals surface area contributed by atoms with Gasteiger partial charge in [0.1, 0.15) is 0 Å². The Labute approximate surface area is 109 Å². The molecule has 0 aromatic carbocycles. The number of carbonyl (C=O) groups excluding carboxylic acids is 1. The van der Waals surface area contributed by atoms with Crippen molar-refractivity contribution in [3.05, 3.63) is 0 Å². The molecule has 0 radical (unpaired) electrons. The lowest BCUT2D eigenvalue weighted by Crippen LogP contribution is -2.54. The molecule has 0 aromatic heterocycles. The van der Waals surface area contributed by atoms with Gasteiger partial charge in [0.05, 0.1) is 19.1 Å². The summed E-state index contributed by atoms with van der Waals surface area (Å²) in [5, 5.41) is 0. The van der Waals surface area contributed by atoms with Crippen LogP contribution in [0.5, 0.6) is 0 Å². The molecular formula is C13H25N3O2. The molecule has 0 spiro atoms. The fourth-order valence-electron chi connectivity index (χ4n) is 2.70. The van der Waals surface area contributed by atoms with Crippen LogP contribution in [0.1, 0.15) is 20.3 Å². The molecule has 0 bridgehead atoms. The lowest BCUT2D eigenvalue weighted by atomic mass is 10.0. The molecular weight excluding hydrogens is 230 g/mol. The lowest BCUT2D eigenvalue weighted by molar-refractivity contribution is -0.137. The zero-order chi connectivity index (χ0) is 13.1. The van der Waals surface area contributed by atoms with Gasteiger partial charge in [-0.05, 0) is 13.3 Å². The standard InChI is InChI=1S/C13H25N3O2/c1-3-10(2)15-4-6-16(7-5-15)13(17)11-8-18-9-12(11)14/h10-12H,3-9,14H2,1-2H3. The van der Waals surface area contributed by atoms with Gasteiger partial charge in [-0.1, -0.05) is 6.92 Å². The second-order valence-corrected chi connectivity index (χ2v) is 5.43. The molecule has 1 amide bonds. The molecule has 0 saturated carbocycles. The molecule has 2 aliphatic rings. The van der Waals surface area contributed by atoms with Gasteiger partial charge in [-0.25, -0.2) is 0 Å². The van der Waals surface area contributed by atoms with Gasteiger partial charge in [0.2, 0.25) is 5.91 Å². The molecule has 5 heteroatoms. The first-order valence-electron chi connectivity index (χ1n) is 6.99. The number of rotatable bonds is 3. The highest BCUT2D eigenvalue weighted by atomic mass is 16.5. The van der Waals surface area contributed by atoms with E-state index in [2.05, 4.69) is 18.7 Å². The molecule has 3 unspecified atom stereocenters. The van der Waals surface area contributed by atoms with Gasteiger partial charge in [0.15, 0.2) is 0 Å². The third kappa shape index (κ3) is 2.84. The average Bonchev–Trinajstić information content (AvgIpc) is 2.83. The second-order valence-electron chi connectivity index (χ2n) is 5.43. The highest BCUT2D eigenvalue weighted by Gasteiger charge is 2.35. The van der Waals surface area contributed by atoms with Crippen molar-refractivity contribution in [1.82, 2.24) is 9.80 Å². The predicted octanol–water partition coefficient (Wildman–Crippen LogP) is -0.0972. The predicted molar refractivity (Wildman–Crippen MR) is 70.2 cm³/mol. The summed E-state index contributed by atoms with van der Waals surface area (Å²) in [4.78, 5) is 16.7. The molecule has 2 fully saturated rings. The zero-order valence-electron chi connectivity index (χ0n) is 11.5. The quantitative estimate of drug-likeness (QED) is 0.765. The lowest BCUT2D eigenvalue weighted by Gasteiger charge is -2.38. The highest BCUT2D eigenvalue weighted by Crippen LogP contribution is 2.17. The van der Waals surface area contributed by atoms with E-state index in [0.29, 0.717) is 19.3 Å². The molecule has 104 valence electrons. The Kier molecular flexibility index (Phi) is 4.59. The van der Waals surface area contributed by atoms with Crippen molar-refractivity contribution < 1.29 is 9.53 Å². The van der Waals surface area contributed by atoms with E-state index in [-0.39, 0.29) is 17.9 Å². The van der Waals surface area contributed by atoms with E-state index >= 15 is 0 Å². The van der Waals surface area contributed by atoms with Crippen LogP contribution in [0, 0.1) is 5.92 Å². The van der Waals surface area contributed by atoms with Crippen LogP contribution in [0.4, 0.5) is 0 Å². The molecule has 5 nitrogen and oxygen atoms in total. The molecule has 2 N–H and O–H groups in total. The Bertz CT molecular complexity index is 290. The van der Waals surface area contributed by atoms with Gasteiger partial charge in [-0.2, -0.15) is 0 Å². The van der Waals surface area contributed by atoms with E-state index in [9.17, 15) is 4.79 Å². The third-order valence-corrected chi connectivity index (χ3v) is 4.28. The van der Waals surface area contributed by atoms with E-state index in [1.807, 2.05) is 4.90 Å². The van der Waals surface area contributed by atoms with E-state index in [1.54, 1.807) is 0 Å². The van der Waals surface area contributed by atoms with Gasteiger partial charge in [0, 0.05) is 38.3 Å². The van der Waals surface area contributed by atoms with E-state index in [4.69, 9.17) is 10.5 Å². The van der Waals surface area contributed by atoms with Crippen molar-refractivity contribution in [1.29, 1.82) is 0 Å². The first kappa shape index (κ1) is 13.8. The Balaban J connectivity index is 1.84. The van der Waals surface area contributed by atoms with Gasteiger partial charge in [-0.3, -0.25) is 9.69 Å². The molecule has 2 heterocycles. The summed E-state index contributed by atoms with van der Waals surface area (Å²) >= 11 is 0. The van der Waals surface area contributed by atoms with Crippen molar-refractivity contribution in [3.8, 4) is 0 Å². The van der Waals surface area contributed by atoms with Crippen molar-refractivity contribution in [3.63, 3.8) is 0 Å². The molecule has 0 aliphatic carbocycles. The number of ether oxygens (including phenoxy) is 1. The van der Waals surface area contributed by atoms with Crippen LogP contribution in [0.25, 0.3) is 0 Å². The summed E-state index contributed by atoms with van der Waals surface area (Å²) < 4.78 is 5.28. The summed E-state index contributed by atoms with van der Waals surface area (Å²) in [7, 11) is 0. The second kappa shape index (κ2) is 5.99. The van der Waals surface area contributed by atoms with Crippen LogP contribution < -0.4 is 5.73 Å². The van der Waals surface area contributed by atoms with Crippen LogP contribution in [0.3, 0.4) is 0 Å². The third-order valence-electron chi connectivity index (χ3n) is 4.28. The van der Waals surface area contributed by atoms with Crippen LogP contribution in [-0.2, 0) is 9.53 Å². The number of piperazine rings is 1. The van der Waals surface area contributed by atoms with Gasteiger partial charge < -0.3 is 15.4 Å². The molecule has 3 atom stereocenters. The summed E-state index contributed by atoms with van der Waals surface area (Å²) in [6.07, 6.45) is 1.16. The minimum absolute atomic E-state index is 0.120. The number of hydrogen-bond donors (Lipinski definition) is 1. The average molecular weight is 255 g/mol. The van der Waals surface area contributed by atoms with Crippen LogP contribution in [0.15, 0.2) is 0 Å². The minimum atomic E-state index is -0.125. The molecule has 2 rings (SSSR count). The maximum Gasteiger partial charge on any atom is 0.229 e. The van der Waals surface area contributed by atoms with Gasteiger partial charge in [-0.15, -0.1) is 0 Å². The topological polar surface area (TPSA) is 58.8 Å². The normalized spacial score (nSPS) is 31.6. The maximum absolute atomic E-state index is 12.3. The highest BCUT2D eigenvalue weighted by molar-refractivity contribution is 5.80. The largest absolute Gasteiger partial charge is 0.379 e. The fraction of sp³-hybridized carbons (Fsp3) is 0.923. The smallest absolute Gasteiger partial charge is 0.229 e. The molecule has 18 heavy (non-hydrogen) atoms. The van der Waals surface area contributed by atoms with Crippen LogP contribution in [0.2, 0.25) is 0 Å². The van der Waals surface area contributed by atoms with Crippen molar-refractivity contribution in [2.75, 3.05) is 39.4 Å². The Morgan fingerprint density at radius 3 is 2.50 bits per heavy atom. The van der Waals surface area contributed by atoms with E-state index < -0.39 is 0 Å². The van der Waals surface area contributed by atoms with Crippen molar-refractivity contribution >= 4 is 5.91 Å². The van der Waals surface area contributed by atoms with Gasteiger partial charge in [0.25, 0.3) is 0 Å². The van der Waals surface area contributed by atoms with Gasteiger partial charge >= 0.3 is 0 Å². The maximum atomic E-state index is 12.3. The number of hydrogen-bond acceptors (Lipinski definition) is 4. The number of nitrogens with two attached hydrogens (primary N) is 1. The fourth-order valence-corrected chi connectivity index (χ4v) is 2.70. The number of nitrogens with zero attached hydrogens (tertiary/aromatic N) is 2. The summed E-state index contributed by atoms with van der Waals surface area (Å²) in [6, 6.07) is 0.490. The molecule has 0 aromatic rings. The zero-order valence-corrected chi connectivity index (χ0v) is 11.5. The van der Waals surface area contributed by atoms with Crippen molar-refractivity contribution in [2.24, 2.45) is 11.7 Å².